The van der Waals surface area contributed by atoms with E-state index in [1.54, 1.807) is 0 Å². The molecular formula is C13H10Cl4O4. The molecule has 5 aliphatic carbocycles. The van der Waals surface area contributed by atoms with Crippen LogP contribution < -0.4 is 0 Å². The van der Waals surface area contributed by atoms with E-state index in [2.05, 4.69) is 0 Å². The molecule has 2 bridgehead atoms. The first-order valence-electron chi connectivity index (χ1n) is 6.61. The number of rotatable bonds is 2. The second kappa shape index (κ2) is 3.03. The van der Waals surface area contributed by atoms with Crippen LogP contribution in [0.4, 0.5) is 0 Å². The van der Waals surface area contributed by atoms with E-state index in [9.17, 15) is 9.59 Å². The van der Waals surface area contributed by atoms with Gasteiger partial charge in [0.2, 0.25) is 5.79 Å². The van der Waals surface area contributed by atoms with Crippen molar-refractivity contribution in [3.63, 3.8) is 0 Å². The van der Waals surface area contributed by atoms with Gasteiger partial charge in [-0.3, -0.25) is 9.59 Å². The van der Waals surface area contributed by atoms with Crippen LogP contribution in [0, 0.1) is 23.7 Å². The molecule has 21 heavy (non-hydrogen) atoms. The molecule has 0 heterocycles. The minimum Gasteiger partial charge on any atom is -0.350 e. The SMILES string of the molecule is COC1(OC)[C@]2(Cl)[C@@H]3C(=O)[C@H]4[C@H]5C(=O)[C@@H]3[C@@]1(Cl)[C@]5(Cl)[C@]42Cl. The van der Waals surface area contributed by atoms with Gasteiger partial charge in [-0.2, -0.15) is 0 Å². The van der Waals surface area contributed by atoms with Gasteiger partial charge in [0.05, 0.1) is 23.7 Å². The van der Waals surface area contributed by atoms with E-state index < -0.39 is 49.0 Å². The molecule has 8 atom stereocenters. The van der Waals surface area contributed by atoms with Crippen molar-refractivity contribution in [2.45, 2.75) is 25.3 Å². The van der Waals surface area contributed by atoms with Crippen LogP contribution in [0.2, 0.25) is 0 Å². The number of ketones is 2. The molecule has 0 spiro atoms. The minimum atomic E-state index is -1.58. The van der Waals surface area contributed by atoms with Crippen LogP contribution in [0.25, 0.3) is 0 Å². The number of halogens is 4. The van der Waals surface area contributed by atoms with E-state index in [0.29, 0.717) is 0 Å². The Balaban J connectivity index is 1.99. The molecule has 0 saturated heterocycles. The smallest absolute Gasteiger partial charge is 0.211 e. The number of methoxy groups -OCH3 is 2. The molecule has 0 aromatic rings. The average molecular weight is 372 g/mol. The van der Waals surface area contributed by atoms with Crippen molar-refractivity contribution in [1.29, 1.82) is 0 Å². The molecule has 0 aromatic heterocycles. The average Bonchev–Trinajstić information content (AvgIpc) is 2.73. The third-order valence-corrected chi connectivity index (χ3v) is 10.2. The standard InChI is InChI=1S/C13H10Cl4O4/c1-20-13(21-2)11(16)5-6-8(19)4-3(7(5)18)9(11,14)10(4,15)12(6,13)17/h3-6H,1-2H3/t3-,4+,5+,6-,9-,10-,11+,12-/m1/s1. The van der Waals surface area contributed by atoms with Crippen LogP contribution >= 0.6 is 46.4 Å². The largest absolute Gasteiger partial charge is 0.350 e. The van der Waals surface area contributed by atoms with Gasteiger partial charge in [0.1, 0.15) is 31.1 Å². The lowest BCUT2D eigenvalue weighted by atomic mass is 9.57. The first kappa shape index (κ1) is 13.8. The number of hydrogen-bond donors (Lipinski definition) is 0. The van der Waals surface area contributed by atoms with Crippen molar-refractivity contribution in [2.75, 3.05) is 14.2 Å². The van der Waals surface area contributed by atoms with Gasteiger partial charge in [0.15, 0.2) is 0 Å². The van der Waals surface area contributed by atoms with Crippen molar-refractivity contribution in [1.82, 2.24) is 0 Å². The van der Waals surface area contributed by atoms with Gasteiger partial charge in [-0.1, -0.05) is 0 Å². The number of Topliss-reactive ketones (excluding diaryl/α,β-unsaturated/α-hetero) is 2. The molecule has 5 rings (SSSR count). The Kier molecular flexibility index (Phi) is 1.99. The van der Waals surface area contributed by atoms with Crippen LogP contribution in [0.1, 0.15) is 0 Å². The zero-order chi connectivity index (χ0) is 15.4. The zero-order valence-electron chi connectivity index (χ0n) is 11.0. The van der Waals surface area contributed by atoms with E-state index in [1.807, 2.05) is 0 Å². The Bertz CT molecular complexity index is 613. The summed E-state index contributed by atoms with van der Waals surface area (Å²) >= 11 is 27.4. The lowest BCUT2D eigenvalue weighted by Gasteiger charge is -2.57. The summed E-state index contributed by atoms with van der Waals surface area (Å²) in [5.41, 5.74) is 0. The van der Waals surface area contributed by atoms with Gasteiger partial charge in [-0.05, 0) is 0 Å². The summed E-state index contributed by atoms with van der Waals surface area (Å²) in [5, 5.41) is 0. The van der Waals surface area contributed by atoms with Gasteiger partial charge in [-0.15, -0.1) is 46.4 Å². The third kappa shape index (κ3) is 0.701. The lowest BCUT2D eigenvalue weighted by Crippen LogP contribution is -2.73. The minimum absolute atomic E-state index is 0.135. The van der Waals surface area contributed by atoms with Crippen molar-refractivity contribution in [3.8, 4) is 0 Å². The van der Waals surface area contributed by atoms with E-state index >= 15 is 0 Å². The summed E-state index contributed by atoms with van der Waals surface area (Å²) in [6.07, 6.45) is 0. The highest BCUT2D eigenvalue weighted by Gasteiger charge is 3.12. The van der Waals surface area contributed by atoms with Crippen LogP contribution in [-0.2, 0) is 19.1 Å². The van der Waals surface area contributed by atoms with Crippen molar-refractivity contribution in [3.05, 3.63) is 0 Å². The fourth-order valence-corrected chi connectivity index (χ4v) is 9.60. The fraction of sp³-hybridized carbons (Fsp3) is 0.846. The molecule has 0 amide bonds. The highest BCUT2D eigenvalue weighted by molar-refractivity contribution is 6.56. The molecule has 0 unspecified atom stereocenters. The summed E-state index contributed by atoms with van der Waals surface area (Å²) in [7, 11) is 2.77. The highest BCUT2D eigenvalue weighted by Crippen LogP contribution is 2.95. The second-order valence-corrected chi connectivity index (χ2v) is 8.97. The van der Waals surface area contributed by atoms with E-state index in [4.69, 9.17) is 55.9 Å². The topological polar surface area (TPSA) is 52.6 Å². The quantitative estimate of drug-likeness (QED) is 0.546. The number of alkyl halides is 4. The molecule has 5 aliphatic rings. The first-order chi connectivity index (χ1) is 9.68. The van der Waals surface area contributed by atoms with Crippen LogP contribution in [0.5, 0.6) is 0 Å². The summed E-state index contributed by atoms with van der Waals surface area (Å²) in [4.78, 5) is 19.9. The predicted molar refractivity (Wildman–Crippen MR) is 75.1 cm³/mol. The maximum Gasteiger partial charge on any atom is 0.211 e. The monoisotopic (exact) mass is 370 g/mol. The van der Waals surface area contributed by atoms with Crippen molar-refractivity contribution in [2.24, 2.45) is 23.7 Å². The van der Waals surface area contributed by atoms with Crippen LogP contribution in [-0.4, -0.2) is 51.1 Å². The van der Waals surface area contributed by atoms with E-state index in [-0.39, 0.29) is 11.6 Å². The maximum absolute atomic E-state index is 12.7. The number of carbonyl (C=O) groups excluding carboxylic acids is 2. The van der Waals surface area contributed by atoms with E-state index in [0.717, 1.165) is 0 Å². The first-order valence-corrected chi connectivity index (χ1v) is 8.13. The maximum atomic E-state index is 12.7. The molecule has 5 fully saturated rings. The number of hydrogen-bond acceptors (Lipinski definition) is 4. The summed E-state index contributed by atoms with van der Waals surface area (Å²) < 4.78 is 11.2. The Morgan fingerprint density at radius 3 is 1.29 bits per heavy atom. The van der Waals surface area contributed by atoms with Crippen LogP contribution in [0.3, 0.4) is 0 Å². The number of carbonyl (C=O) groups is 2. The van der Waals surface area contributed by atoms with Gasteiger partial charge in [-0.25, -0.2) is 0 Å². The Labute approximate surface area is 140 Å². The predicted octanol–water partition coefficient (Wildman–Crippen LogP) is 1.56. The summed E-state index contributed by atoms with van der Waals surface area (Å²) in [5.74, 6) is -4.86. The Morgan fingerprint density at radius 1 is 0.714 bits per heavy atom. The Morgan fingerprint density at radius 2 is 1.00 bits per heavy atom. The van der Waals surface area contributed by atoms with Gasteiger partial charge in [0, 0.05) is 14.2 Å². The van der Waals surface area contributed by atoms with Gasteiger partial charge in [0.25, 0.3) is 0 Å². The van der Waals surface area contributed by atoms with Crippen molar-refractivity contribution >= 4 is 58.0 Å². The Hall–Kier alpha value is 0.420. The van der Waals surface area contributed by atoms with E-state index in [1.165, 1.54) is 14.2 Å². The zero-order valence-corrected chi connectivity index (χ0v) is 14.0. The molecular weight excluding hydrogens is 362 g/mol. The van der Waals surface area contributed by atoms with Gasteiger partial charge >= 0.3 is 0 Å². The molecule has 5 saturated carbocycles. The molecule has 0 N–H and O–H groups in total. The normalized spacial score (nSPS) is 67.3. The van der Waals surface area contributed by atoms with Gasteiger partial charge < -0.3 is 9.47 Å². The number of ether oxygens (including phenoxy) is 2. The number of fused-ring (bicyclic) bond motifs is 2. The van der Waals surface area contributed by atoms with Crippen LogP contribution in [0.15, 0.2) is 0 Å². The molecule has 8 heteroatoms. The second-order valence-electron chi connectivity index (χ2n) is 6.59. The molecule has 0 aliphatic heterocycles. The summed E-state index contributed by atoms with van der Waals surface area (Å²) in [6.45, 7) is 0. The summed E-state index contributed by atoms with van der Waals surface area (Å²) in [6, 6.07) is 0. The fourth-order valence-electron chi connectivity index (χ4n) is 6.37. The third-order valence-electron chi connectivity index (χ3n) is 6.73. The molecule has 4 nitrogen and oxygen atoms in total. The molecule has 0 radical (unpaired) electrons. The van der Waals surface area contributed by atoms with Crippen molar-refractivity contribution < 1.29 is 19.1 Å². The lowest BCUT2D eigenvalue weighted by molar-refractivity contribution is -0.224. The highest BCUT2D eigenvalue weighted by atomic mass is 35.5. The molecule has 114 valence electrons. The molecule has 0 aromatic carbocycles.